The summed E-state index contributed by atoms with van der Waals surface area (Å²) in [6.45, 7) is 0. The summed E-state index contributed by atoms with van der Waals surface area (Å²) >= 11 is 1.78. The van der Waals surface area contributed by atoms with Crippen molar-refractivity contribution in [3.05, 3.63) is 60.1 Å². The Morgan fingerprint density at radius 3 is 2.65 bits per heavy atom. The molecule has 0 unspecified atom stereocenters. The molecule has 0 fully saturated rings. The average Bonchev–Trinajstić information content (AvgIpc) is 2.88. The van der Waals surface area contributed by atoms with E-state index in [9.17, 15) is 5.11 Å². The van der Waals surface area contributed by atoms with Gasteiger partial charge in [0.05, 0.1) is 18.1 Å². The first-order valence-electron chi connectivity index (χ1n) is 5.69. The zero-order valence-corrected chi connectivity index (χ0v) is 10.4. The predicted molar refractivity (Wildman–Crippen MR) is 70.9 cm³/mol. The van der Waals surface area contributed by atoms with E-state index in [0.717, 1.165) is 29.3 Å². The molecule has 3 heteroatoms. The molecule has 2 aromatic rings. The van der Waals surface area contributed by atoms with Crippen molar-refractivity contribution in [3.8, 4) is 0 Å². The van der Waals surface area contributed by atoms with Crippen LogP contribution < -0.4 is 0 Å². The van der Waals surface area contributed by atoms with E-state index in [1.165, 1.54) is 0 Å². The van der Waals surface area contributed by atoms with Gasteiger partial charge in [0.15, 0.2) is 0 Å². The van der Waals surface area contributed by atoms with Crippen LogP contribution in [0.1, 0.15) is 23.8 Å². The number of aliphatic hydroxyl groups excluding tert-OH is 1. The Hall–Kier alpha value is -1.19. The molecule has 2 rings (SSSR count). The van der Waals surface area contributed by atoms with E-state index in [1.54, 1.807) is 18.0 Å². The van der Waals surface area contributed by atoms with Crippen LogP contribution in [0.15, 0.2) is 53.1 Å². The van der Waals surface area contributed by atoms with Crippen molar-refractivity contribution in [2.24, 2.45) is 0 Å². The van der Waals surface area contributed by atoms with Gasteiger partial charge in [-0.3, -0.25) is 0 Å². The van der Waals surface area contributed by atoms with Gasteiger partial charge < -0.3 is 9.52 Å². The fourth-order valence-corrected chi connectivity index (χ4v) is 2.50. The third kappa shape index (κ3) is 3.95. The summed E-state index contributed by atoms with van der Waals surface area (Å²) in [7, 11) is 0. The van der Waals surface area contributed by atoms with Gasteiger partial charge in [0.2, 0.25) is 0 Å². The van der Waals surface area contributed by atoms with E-state index in [-0.39, 0.29) is 6.10 Å². The van der Waals surface area contributed by atoms with Crippen molar-refractivity contribution >= 4 is 11.8 Å². The Morgan fingerprint density at radius 1 is 1.12 bits per heavy atom. The summed E-state index contributed by atoms with van der Waals surface area (Å²) in [4.78, 5) is 0. The van der Waals surface area contributed by atoms with Crippen LogP contribution in [-0.2, 0) is 5.75 Å². The number of hydrogen-bond acceptors (Lipinski definition) is 3. The van der Waals surface area contributed by atoms with Crippen LogP contribution in [-0.4, -0.2) is 10.9 Å². The molecule has 0 aliphatic rings. The van der Waals surface area contributed by atoms with Gasteiger partial charge in [-0.25, -0.2) is 0 Å². The van der Waals surface area contributed by atoms with Gasteiger partial charge in [-0.2, -0.15) is 11.8 Å². The zero-order valence-electron chi connectivity index (χ0n) is 9.58. The summed E-state index contributed by atoms with van der Waals surface area (Å²) in [5.41, 5.74) is 0.992. The van der Waals surface area contributed by atoms with Crippen molar-refractivity contribution in [3.63, 3.8) is 0 Å². The molecule has 0 bridgehead atoms. The molecule has 1 N–H and O–H groups in total. The number of rotatable bonds is 6. The highest BCUT2D eigenvalue weighted by molar-refractivity contribution is 7.98. The first kappa shape index (κ1) is 12.3. The van der Waals surface area contributed by atoms with Crippen LogP contribution in [0.2, 0.25) is 0 Å². The number of furan rings is 1. The number of thioether (sulfide) groups is 1. The van der Waals surface area contributed by atoms with Crippen LogP contribution in [0.5, 0.6) is 0 Å². The number of hydrogen-bond donors (Lipinski definition) is 1. The Bertz CT molecular complexity index is 411. The second kappa shape index (κ2) is 6.52. The largest absolute Gasteiger partial charge is 0.468 e. The van der Waals surface area contributed by atoms with Gasteiger partial charge in [-0.05, 0) is 29.9 Å². The van der Waals surface area contributed by atoms with Gasteiger partial charge in [0, 0.05) is 0 Å². The van der Waals surface area contributed by atoms with Crippen molar-refractivity contribution in [2.75, 3.05) is 5.75 Å². The topological polar surface area (TPSA) is 33.4 Å². The number of aliphatic hydroxyl groups is 1. The quantitative estimate of drug-likeness (QED) is 0.792. The summed E-state index contributed by atoms with van der Waals surface area (Å²) in [5.74, 6) is 2.79. The van der Waals surface area contributed by atoms with E-state index in [2.05, 4.69) is 0 Å². The molecule has 90 valence electrons. The van der Waals surface area contributed by atoms with Crippen LogP contribution in [0, 0.1) is 0 Å². The molecule has 1 heterocycles. The minimum atomic E-state index is -0.361. The van der Waals surface area contributed by atoms with Crippen molar-refractivity contribution in [1.82, 2.24) is 0 Å². The van der Waals surface area contributed by atoms with Crippen LogP contribution >= 0.6 is 11.8 Å². The summed E-state index contributed by atoms with van der Waals surface area (Å²) in [5, 5.41) is 9.94. The summed E-state index contributed by atoms with van der Waals surface area (Å²) in [6, 6.07) is 13.7. The van der Waals surface area contributed by atoms with E-state index in [4.69, 9.17) is 4.42 Å². The smallest absolute Gasteiger partial charge is 0.113 e. The molecule has 0 radical (unpaired) electrons. The third-order valence-electron chi connectivity index (χ3n) is 2.54. The molecule has 0 saturated carbocycles. The van der Waals surface area contributed by atoms with E-state index in [1.807, 2.05) is 42.5 Å². The summed E-state index contributed by atoms with van der Waals surface area (Å²) < 4.78 is 5.24. The van der Waals surface area contributed by atoms with Crippen molar-refractivity contribution < 1.29 is 9.52 Å². The molecular formula is C14H16O2S. The molecule has 2 nitrogen and oxygen atoms in total. The summed E-state index contributed by atoms with van der Waals surface area (Å²) in [6.07, 6.45) is 2.10. The minimum absolute atomic E-state index is 0.361. The lowest BCUT2D eigenvalue weighted by Gasteiger charge is -2.09. The monoisotopic (exact) mass is 248 g/mol. The maximum Gasteiger partial charge on any atom is 0.113 e. The Morgan fingerprint density at radius 2 is 1.94 bits per heavy atom. The highest BCUT2D eigenvalue weighted by atomic mass is 32.2. The lowest BCUT2D eigenvalue weighted by molar-refractivity contribution is 0.175. The first-order valence-corrected chi connectivity index (χ1v) is 6.85. The fourth-order valence-electron chi connectivity index (χ4n) is 1.60. The van der Waals surface area contributed by atoms with Gasteiger partial charge >= 0.3 is 0 Å². The van der Waals surface area contributed by atoms with Crippen LogP contribution in [0.3, 0.4) is 0 Å². The number of benzene rings is 1. The second-order valence-corrected chi connectivity index (χ2v) is 4.95. The minimum Gasteiger partial charge on any atom is -0.468 e. The molecule has 0 spiro atoms. The fraction of sp³-hybridized carbons (Fsp3) is 0.286. The van der Waals surface area contributed by atoms with Gasteiger partial charge in [0.25, 0.3) is 0 Å². The molecule has 1 aromatic heterocycles. The van der Waals surface area contributed by atoms with E-state index < -0.39 is 0 Å². The SMILES string of the molecule is O[C@H](CCSCc1ccco1)c1ccccc1. The molecule has 17 heavy (non-hydrogen) atoms. The first-order chi connectivity index (χ1) is 8.36. The Labute approximate surface area is 106 Å². The standard InChI is InChI=1S/C14H16O2S/c15-14(12-5-2-1-3-6-12)8-10-17-11-13-7-4-9-16-13/h1-7,9,14-15H,8,10-11H2/t14-/m1/s1. The van der Waals surface area contributed by atoms with Crippen LogP contribution in [0.25, 0.3) is 0 Å². The second-order valence-electron chi connectivity index (χ2n) is 3.85. The molecular weight excluding hydrogens is 232 g/mol. The third-order valence-corrected chi connectivity index (χ3v) is 3.56. The van der Waals surface area contributed by atoms with Gasteiger partial charge in [-0.15, -0.1) is 0 Å². The zero-order chi connectivity index (χ0) is 11.9. The maximum atomic E-state index is 9.94. The average molecular weight is 248 g/mol. The Kier molecular flexibility index (Phi) is 4.71. The highest BCUT2D eigenvalue weighted by Gasteiger charge is 2.06. The van der Waals surface area contributed by atoms with Gasteiger partial charge in [-0.1, -0.05) is 30.3 Å². The lowest BCUT2D eigenvalue weighted by atomic mass is 10.1. The van der Waals surface area contributed by atoms with Gasteiger partial charge in [0.1, 0.15) is 5.76 Å². The van der Waals surface area contributed by atoms with Crippen molar-refractivity contribution in [1.29, 1.82) is 0 Å². The molecule has 0 aliphatic heterocycles. The molecule has 1 aromatic carbocycles. The molecule has 1 atom stereocenters. The molecule has 0 aliphatic carbocycles. The lowest BCUT2D eigenvalue weighted by Crippen LogP contribution is -1.98. The molecule has 0 amide bonds. The van der Waals surface area contributed by atoms with Crippen molar-refractivity contribution in [2.45, 2.75) is 18.3 Å². The highest BCUT2D eigenvalue weighted by Crippen LogP contribution is 2.20. The molecule has 0 saturated heterocycles. The van der Waals surface area contributed by atoms with Crippen LogP contribution in [0.4, 0.5) is 0 Å². The predicted octanol–water partition coefficient (Wildman–Crippen LogP) is 3.64. The van der Waals surface area contributed by atoms with E-state index in [0.29, 0.717) is 0 Å². The normalized spacial score (nSPS) is 12.5. The maximum absolute atomic E-state index is 9.94. The Balaban J connectivity index is 1.68. The van der Waals surface area contributed by atoms with E-state index >= 15 is 0 Å².